The zero-order valence-electron chi connectivity index (χ0n) is 13.1. The molecule has 0 saturated carbocycles. The third-order valence-corrected chi connectivity index (χ3v) is 3.90. The van der Waals surface area contributed by atoms with Crippen molar-refractivity contribution < 1.29 is 14.3 Å². The quantitative estimate of drug-likeness (QED) is 0.895. The number of likely N-dealkylation sites (tertiary alicyclic amines) is 1. The second kappa shape index (κ2) is 7.85. The summed E-state index contributed by atoms with van der Waals surface area (Å²) in [5, 5.41) is 9.44. The van der Waals surface area contributed by atoms with E-state index in [1.54, 1.807) is 6.92 Å². The molecule has 1 aromatic heterocycles. The maximum Gasteiger partial charge on any atom is 0.339 e. The van der Waals surface area contributed by atoms with E-state index in [2.05, 4.69) is 18.7 Å². The van der Waals surface area contributed by atoms with E-state index in [0.717, 1.165) is 30.8 Å². The number of nitrogens with zero attached hydrogens (tertiary/aromatic N) is 1. The van der Waals surface area contributed by atoms with Crippen LogP contribution in [0, 0.1) is 12.8 Å². The van der Waals surface area contributed by atoms with E-state index in [1.807, 2.05) is 0 Å². The van der Waals surface area contributed by atoms with E-state index in [-0.39, 0.29) is 12.4 Å². The van der Waals surface area contributed by atoms with Gasteiger partial charge in [-0.05, 0) is 38.8 Å². The van der Waals surface area contributed by atoms with Crippen molar-refractivity contribution in [2.45, 2.75) is 53.0 Å². The van der Waals surface area contributed by atoms with Gasteiger partial charge in [0.25, 0.3) is 0 Å². The van der Waals surface area contributed by atoms with Crippen molar-refractivity contribution in [3.8, 4) is 0 Å². The summed E-state index contributed by atoms with van der Waals surface area (Å²) in [7, 11) is 0. The van der Waals surface area contributed by atoms with Crippen LogP contribution in [0.4, 0.5) is 0 Å². The van der Waals surface area contributed by atoms with Gasteiger partial charge >= 0.3 is 5.97 Å². The van der Waals surface area contributed by atoms with Gasteiger partial charge in [0, 0.05) is 18.5 Å². The first-order valence-electron chi connectivity index (χ1n) is 7.55. The molecule has 2 heterocycles. The van der Waals surface area contributed by atoms with Gasteiger partial charge in [0.15, 0.2) is 0 Å². The summed E-state index contributed by atoms with van der Waals surface area (Å²) >= 11 is 0. The SMILES string of the molecule is Cc1oc(CC(C)C)c(CN2CCCCC2)c1C(=O)O.Cl. The van der Waals surface area contributed by atoms with Crippen LogP contribution in [-0.2, 0) is 13.0 Å². The van der Waals surface area contributed by atoms with Crippen LogP contribution in [0.15, 0.2) is 4.42 Å². The molecular weight excluding hydrogens is 290 g/mol. The van der Waals surface area contributed by atoms with Crippen LogP contribution in [0.5, 0.6) is 0 Å². The largest absolute Gasteiger partial charge is 0.478 e. The standard InChI is InChI=1S/C16H25NO3.ClH/c1-11(2)9-14-13(10-17-7-5-4-6-8-17)15(16(18)19)12(3)20-14;/h11H,4-10H2,1-3H3,(H,18,19);1H. The summed E-state index contributed by atoms with van der Waals surface area (Å²) in [6, 6.07) is 0. The molecule has 0 bridgehead atoms. The Balaban J connectivity index is 0.00000220. The molecule has 1 aromatic rings. The molecule has 0 amide bonds. The van der Waals surface area contributed by atoms with Crippen LogP contribution in [0.25, 0.3) is 0 Å². The van der Waals surface area contributed by atoms with Gasteiger partial charge in [-0.15, -0.1) is 12.4 Å². The van der Waals surface area contributed by atoms with Crippen molar-refractivity contribution in [2.75, 3.05) is 13.1 Å². The van der Waals surface area contributed by atoms with E-state index < -0.39 is 5.97 Å². The van der Waals surface area contributed by atoms with Gasteiger partial charge in [0.2, 0.25) is 0 Å². The average molecular weight is 316 g/mol. The molecule has 0 unspecified atom stereocenters. The molecule has 0 radical (unpaired) electrons. The molecule has 4 nitrogen and oxygen atoms in total. The summed E-state index contributed by atoms with van der Waals surface area (Å²) in [6.07, 6.45) is 4.50. The highest BCUT2D eigenvalue weighted by Gasteiger charge is 2.25. The predicted octanol–water partition coefficient (Wildman–Crippen LogP) is 3.89. The third kappa shape index (κ3) is 4.48. The second-order valence-corrected chi connectivity index (χ2v) is 6.17. The van der Waals surface area contributed by atoms with Gasteiger partial charge in [-0.3, -0.25) is 4.90 Å². The number of hydrogen-bond acceptors (Lipinski definition) is 3. The lowest BCUT2D eigenvalue weighted by Crippen LogP contribution is -2.30. The molecule has 2 rings (SSSR count). The Bertz CT molecular complexity index is 476. The van der Waals surface area contributed by atoms with E-state index in [4.69, 9.17) is 4.42 Å². The van der Waals surface area contributed by atoms with E-state index in [9.17, 15) is 9.90 Å². The molecule has 21 heavy (non-hydrogen) atoms. The van der Waals surface area contributed by atoms with Gasteiger partial charge in [0.05, 0.1) is 0 Å². The highest BCUT2D eigenvalue weighted by Crippen LogP contribution is 2.27. The maximum atomic E-state index is 11.5. The zero-order chi connectivity index (χ0) is 14.7. The molecule has 0 aliphatic carbocycles. The Morgan fingerprint density at radius 1 is 1.29 bits per heavy atom. The Hall–Kier alpha value is -1.00. The van der Waals surface area contributed by atoms with Crippen molar-refractivity contribution in [3.63, 3.8) is 0 Å². The Morgan fingerprint density at radius 3 is 2.43 bits per heavy atom. The molecule has 1 aliphatic rings. The Labute approximate surface area is 132 Å². The number of carboxylic acids is 1. The van der Waals surface area contributed by atoms with E-state index in [1.165, 1.54) is 19.3 Å². The van der Waals surface area contributed by atoms with Gasteiger partial charge in [-0.1, -0.05) is 20.3 Å². The fraction of sp³-hybridized carbons (Fsp3) is 0.688. The Morgan fingerprint density at radius 2 is 1.90 bits per heavy atom. The number of carboxylic acid groups (broad SMARTS) is 1. The molecule has 0 atom stereocenters. The average Bonchev–Trinajstić information content (AvgIpc) is 2.66. The van der Waals surface area contributed by atoms with E-state index in [0.29, 0.717) is 23.8 Å². The van der Waals surface area contributed by atoms with Gasteiger partial charge in [0.1, 0.15) is 17.1 Å². The van der Waals surface area contributed by atoms with Crippen LogP contribution >= 0.6 is 12.4 Å². The van der Waals surface area contributed by atoms with Gasteiger partial charge < -0.3 is 9.52 Å². The first-order valence-corrected chi connectivity index (χ1v) is 7.55. The van der Waals surface area contributed by atoms with Gasteiger partial charge in [-0.2, -0.15) is 0 Å². The van der Waals surface area contributed by atoms with Crippen LogP contribution in [0.3, 0.4) is 0 Å². The molecule has 120 valence electrons. The van der Waals surface area contributed by atoms with Crippen molar-refractivity contribution in [2.24, 2.45) is 5.92 Å². The third-order valence-electron chi connectivity index (χ3n) is 3.90. The smallest absolute Gasteiger partial charge is 0.339 e. The van der Waals surface area contributed by atoms with Crippen LogP contribution in [0.1, 0.15) is 60.6 Å². The lowest BCUT2D eigenvalue weighted by atomic mass is 10.0. The molecule has 1 N–H and O–H groups in total. The number of halogens is 1. The van der Waals surface area contributed by atoms with E-state index >= 15 is 0 Å². The molecule has 0 spiro atoms. The predicted molar refractivity (Wildman–Crippen MR) is 85.3 cm³/mol. The fourth-order valence-electron chi connectivity index (χ4n) is 2.97. The second-order valence-electron chi connectivity index (χ2n) is 6.17. The highest BCUT2D eigenvalue weighted by atomic mass is 35.5. The minimum atomic E-state index is -0.867. The summed E-state index contributed by atoms with van der Waals surface area (Å²) < 4.78 is 5.75. The molecule has 1 aliphatic heterocycles. The summed E-state index contributed by atoms with van der Waals surface area (Å²) in [6.45, 7) is 8.84. The fourth-order valence-corrected chi connectivity index (χ4v) is 2.97. The molecular formula is C16H26ClNO3. The number of hydrogen-bond donors (Lipinski definition) is 1. The number of furan rings is 1. The van der Waals surface area contributed by atoms with Crippen molar-refractivity contribution in [1.29, 1.82) is 0 Å². The van der Waals surface area contributed by atoms with Crippen molar-refractivity contribution in [1.82, 2.24) is 4.90 Å². The number of aromatic carboxylic acids is 1. The lowest BCUT2D eigenvalue weighted by Gasteiger charge is -2.26. The minimum absolute atomic E-state index is 0. The van der Waals surface area contributed by atoms with Crippen LogP contribution in [-0.4, -0.2) is 29.1 Å². The highest BCUT2D eigenvalue weighted by molar-refractivity contribution is 5.90. The monoisotopic (exact) mass is 315 g/mol. The zero-order valence-corrected chi connectivity index (χ0v) is 14.0. The molecule has 0 aromatic carbocycles. The van der Waals surface area contributed by atoms with Crippen molar-refractivity contribution in [3.05, 3.63) is 22.6 Å². The molecule has 5 heteroatoms. The number of aryl methyl sites for hydroxylation is 1. The van der Waals surface area contributed by atoms with Crippen molar-refractivity contribution >= 4 is 18.4 Å². The molecule has 1 fully saturated rings. The first kappa shape index (κ1) is 18.1. The maximum absolute atomic E-state index is 11.5. The summed E-state index contributed by atoms with van der Waals surface area (Å²) in [4.78, 5) is 13.9. The van der Waals surface area contributed by atoms with Gasteiger partial charge in [-0.25, -0.2) is 4.79 Å². The number of rotatable bonds is 5. The van der Waals surface area contributed by atoms with Crippen LogP contribution < -0.4 is 0 Å². The minimum Gasteiger partial charge on any atom is -0.478 e. The Kier molecular flexibility index (Phi) is 6.75. The first-order chi connectivity index (χ1) is 9.49. The number of piperidine rings is 1. The topological polar surface area (TPSA) is 53.7 Å². The number of carbonyl (C=O) groups is 1. The normalized spacial score (nSPS) is 16.0. The summed E-state index contributed by atoms with van der Waals surface area (Å²) in [5.74, 6) is 0.996. The van der Waals surface area contributed by atoms with Crippen LogP contribution in [0.2, 0.25) is 0 Å². The lowest BCUT2D eigenvalue weighted by molar-refractivity contribution is 0.0692. The summed E-state index contributed by atoms with van der Waals surface area (Å²) in [5.41, 5.74) is 1.27. The molecule has 1 saturated heterocycles.